The second kappa shape index (κ2) is 6.87. The molecule has 1 amide bonds. The predicted molar refractivity (Wildman–Crippen MR) is 80.5 cm³/mol. The predicted octanol–water partition coefficient (Wildman–Crippen LogP) is 0.788. The van der Waals surface area contributed by atoms with Gasteiger partial charge >= 0.3 is 0 Å². The molecule has 0 radical (unpaired) electrons. The fourth-order valence-electron chi connectivity index (χ4n) is 2.38. The number of likely N-dealkylation sites (N-methyl/N-ethyl adjacent to an activating group) is 1. The molecule has 118 valence electrons. The highest BCUT2D eigenvalue weighted by atomic mass is 32.2. The Morgan fingerprint density at radius 1 is 1.48 bits per heavy atom. The fraction of sp³-hybridized carbons (Fsp3) is 0.615. The zero-order valence-corrected chi connectivity index (χ0v) is 13.5. The number of aliphatic hydroxyl groups is 1. The molecule has 2 atom stereocenters. The van der Waals surface area contributed by atoms with Crippen molar-refractivity contribution in [2.24, 2.45) is 0 Å². The van der Waals surface area contributed by atoms with Crippen LogP contribution in [0.25, 0.3) is 0 Å². The molecule has 1 aliphatic rings. The highest BCUT2D eigenvalue weighted by Crippen LogP contribution is 2.20. The summed E-state index contributed by atoms with van der Waals surface area (Å²) in [6.45, 7) is -0.247. The molecular weight excluding hydrogens is 312 g/mol. The Morgan fingerprint density at radius 3 is 2.81 bits per heavy atom. The van der Waals surface area contributed by atoms with Crippen LogP contribution in [-0.4, -0.2) is 49.5 Å². The number of aliphatic hydroxyl groups excluding tert-OH is 1. The minimum atomic E-state index is -3.62. The first-order chi connectivity index (χ1) is 9.91. The quantitative estimate of drug-likeness (QED) is 0.834. The Kier molecular flexibility index (Phi) is 5.37. The minimum absolute atomic E-state index is 0.218. The van der Waals surface area contributed by atoms with E-state index in [4.69, 9.17) is 0 Å². The maximum absolute atomic E-state index is 12.2. The number of carbonyl (C=O) groups is 1. The third kappa shape index (κ3) is 4.03. The summed E-state index contributed by atoms with van der Waals surface area (Å²) in [5.74, 6) is -0.386. The van der Waals surface area contributed by atoms with Crippen molar-refractivity contribution in [3.8, 4) is 0 Å². The van der Waals surface area contributed by atoms with E-state index in [2.05, 4.69) is 5.32 Å². The zero-order valence-electron chi connectivity index (χ0n) is 11.9. The van der Waals surface area contributed by atoms with Gasteiger partial charge in [-0.25, -0.2) is 8.42 Å². The van der Waals surface area contributed by atoms with Gasteiger partial charge in [0.15, 0.2) is 0 Å². The van der Waals surface area contributed by atoms with Crippen LogP contribution >= 0.6 is 11.3 Å². The average molecular weight is 332 g/mol. The van der Waals surface area contributed by atoms with Crippen LogP contribution in [0.5, 0.6) is 0 Å². The third-order valence-electron chi connectivity index (χ3n) is 3.60. The van der Waals surface area contributed by atoms with Gasteiger partial charge in [0.25, 0.3) is 10.0 Å². The first kappa shape index (κ1) is 16.4. The second-order valence-corrected chi connectivity index (χ2v) is 8.44. The number of hydrogen-bond acceptors (Lipinski definition) is 5. The van der Waals surface area contributed by atoms with Crippen molar-refractivity contribution in [3.05, 3.63) is 17.5 Å². The number of nitrogens with one attached hydrogen (secondary N) is 1. The van der Waals surface area contributed by atoms with Gasteiger partial charge in [-0.3, -0.25) is 4.79 Å². The summed E-state index contributed by atoms with van der Waals surface area (Å²) in [5, 5.41) is 14.2. The van der Waals surface area contributed by atoms with Crippen LogP contribution in [-0.2, 0) is 14.8 Å². The van der Waals surface area contributed by atoms with Crippen LogP contribution in [0.2, 0.25) is 0 Å². The van der Waals surface area contributed by atoms with Crippen LogP contribution in [0, 0.1) is 0 Å². The summed E-state index contributed by atoms with van der Waals surface area (Å²) in [6, 6.07) is 2.90. The van der Waals surface area contributed by atoms with Gasteiger partial charge in [-0.05, 0) is 24.3 Å². The fourth-order valence-corrected chi connectivity index (χ4v) is 4.71. The monoisotopic (exact) mass is 332 g/mol. The smallest absolute Gasteiger partial charge is 0.252 e. The molecule has 8 heteroatoms. The lowest BCUT2D eigenvalue weighted by Crippen LogP contribution is -2.48. The van der Waals surface area contributed by atoms with Gasteiger partial charge in [-0.15, -0.1) is 11.3 Å². The molecule has 1 saturated carbocycles. The Labute approximate surface area is 128 Å². The Balaban J connectivity index is 1.93. The van der Waals surface area contributed by atoms with Crippen LogP contribution in [0.1, 0.15) is 25.7 Å². The average Bonchev–Trinajstić information content (AvgIpc) is 2.96. The second-order valence-electron chi connectivity index (χ2n) is 5.22. The number of hydrogen-bond donors (Lipinski definition) is 2. The molecule has 0 bridgehead atoms. The van der Waals surface area contributed by atoms with E-state index < -0.39 is 16.1 Å². The molecule has 0 aromatic carbocycles. The summed E-state index contributed by atoms with van der Waals surface area (Å²) in [4.78, 5) is 12.0. The largest absolute Gasteiger partial charge is 0.391 e. The van der Waals surface area contributed by atoms with Gasteiger partial charge in [0.05, 0.1) is 18.7 Å². The minimum Gasteiger partial charge on any atom is -0.391 e. The van der Waals surface area contributed by atoms with E-state index in [-0.39, 0.29) is 22.7 Å². The molecule has 2 N–H and O–H groups in total. The maximum atomic E-state index is 12.2. The van der Waals surface area contributed by atoms with Crippen molar-refractivity contribution >= 4 is 27.3 Å². The summed E-state index contributed by atoms with van der Waals surface area (Å²) in [5.41, 5.74) is 0. The molecule has 0 saturated heterocycles. The summed E-state index contributed by atoms with van der Waals surface area (Å²) in [7, 11) is -2.24. The first-order valence-corrected chi connectivity index (χ1v) is 9.20. The van der Waals surface area contributed by atoms with E-state index in [1.54, 1.807) is 11.4 Å². The topological polar surface area (TPSA) is 86.7 Å². The molecule has 1 aliphatic carbocycles. The molecule has 2 rings (SSSR count). The third-order valence-corrected chi connectivity index (χ3v) is 6.78. The number of rotatable bonds is 5. The molecule has 0 spiro atoms. The van der Waals surface area contributed by atoms with Crippen molar-refractivity contribution in [2.45, 2.75) is 42.0 Å². The molecule has 0 aliphatic heterocycles. The number of nitrogens with zero attached hydrogens (tertiary/aromatic N) is 1. The molecule has 1 heterocycles. The molecule has 0 unspecified atom stereocenters. The molecule has 1 aromatic rings. The maximum Gasteiger partial charge on any atom is 0.252 e. The van der Waals surface area contributed by atoms with E-state index >= 15 is 0 Å². The molecule has 1 aromatic heterocycles. The Morgan fingerprint density at radius 2 is 2.19 bits per heavy atom. The van der Waals surface area contributed by atoms with E-state index in [9.17, 15) is 18.3 Å². The van der Waals surface area contributed by atoms with E-state index in [1.807, 2.05) is 0 Å². The number of carbonyl (C=O) groups excluding carboxylic acids is 1. The zero-order chi connectivity index (χ0) is 15.5. The van der Waals surface area contributed by atoms with Gasteiger partial charge in [-0.2, -0.15) is 4.31 Å². The highest BCUT2D eigenvalue weighted by molar-refractivity contribution is 7.91. The number of thiophene rings is 1. The Hall–Kier alpha value is -0.960. The van der Waals surface area contributed by atoms with Crippen LogP contribution in [0.15, 0.2) is 21.7 Å². The molecule has 21 heavy (non-hydrogen) atoms. The van der Waals surface area contributed by atoms with Crippen molar-refractivity contribution in [1.29, 1.82) is 0 Å². The summed E-state index contributed by atoms with van der Waals surface area (Å²) < 4.78 is 25.6. The first-order valence-electron chi connectivity index (χ1n) is 6.88. The lowest BCUT2D eigenvalue weighted by Gasteiger charge is -2.28. The molecule has 6 nitrogen and oxygen atoms in total. The number of amides is 1. The van der Waals surface area contributed by atoms with Crippen LogP contribution < -0.4 is 5.32 Å². The SMILES string of the molecule is CN(CC(=O)N[C@@H]1CCCC[C@H]1O)S(=O)(=O)c1cccs1. The van der Waals surface area contributed by atoms with Crippen molar-refractivity contribution in [1.82, 2.24) is 9.62 Å². The molecule has 1 fully saturated rings. The van der Waals surface area contributed by atoms with Gasteiger partial charge in [0.2, 0.25) is 5.91 Å². The van der Waals surface area contributed by atoms with E-state index in [0.717, 1.165) is 34.9 Å². The van der Waals surface area contributed by atoms with Crippen molar-refractivity contribution in [2.75, 3.05) is 13.6 Å². The van der Waals surface area contributed by atoms with Crippen molar-refractivity contribution in [3.63, 3.8) is 0 Å². The highest BCUT2D eigenvalue weighted by Gasteiger charge is 2.27. The number of sulfonamides is 1. The van der Waals surface area contributed by atoms with Gasteiger partial charge in [-0.1, -0.05) is 18.9 Å². The normalized spacial score (nSPS) is 23.2. The summed E-state index contributed by atoms with van der Waals surface area (Å²) >= 11 is 1.12. The lowest BCUT2D eigenvalue weighted by molar-refractivity contribution is -0.123. The van der Waals surface area contributed by atoms with Gasteiger partial charge in [0, 0.05) is 7.05 Å². The van der Waals surface area contributed by atoms with Gasteiger partial charge < -0.3 is 10.4 Å². The standard InChI is InChI=1S/C13H20N2O4S2/c1-15(21(18,19)13-7-4-8-20-13)9-12(17)14-10-5-2-3-6-11(10)16/h4,7-8,10-11,16H,2-3,5-6,9H2,1H3,(H,14,17)/t10-,11-/m1/s1. The van der Waals surface area contributed by atoms with Crippen molar-refractivity contribution < 1.29 is 18.3 Å². The summed E-state index contributed by atoms with van der Waals surface area (Å²) in [6.07, 6.45) is 2.79. The van der Waals surface area contributed by atoms with Crippen LogP contribution in [0.3, 0.4) is 0 Å². The van der Waals surface area contributed by atoms with Crippen LogP contribution in [0.4, 0.5) is 0 Å². The lowest BCUT2D eigenvalue weighted by atomic mass is 9.92. The van der Waals surface area contributed by atoms with Gasteiger partial charge in [0.1, 0.15) is 4.21 Å². The van der Waals surface area contributed by atoms with E-state index in [0.29, 0.717) is 6.42 Å². The van der Waals surface area contributed by atoms with E-state index in [1.165, 1.54) is 13.1 Å². The Bertz CT molecular complexity index is 571. The molecular formula is C13H20N2O4S2.